The highest BCUT2D eigenvalue weighted by Crippen LogP contribution is 2.35. The number of hydrogen-bond acceptors (Lipinski definition) is 3. The van der Waals surface area contributed by atoms with E-state index in [1.165, 1.54) is 24.5 Å². The van der Waals surface area contributed by atoms with E-state index in [4.69, 9.17) is 0 Å². The zero-order valence-electron chi connectivity index (χ0n) is 14.5. The zero-order valence-corrected chi connectivity index (χ0v) is 14.5. The average molecular weight is 399 g/mol. The first-order chi connectivity index (χ1) is 14.0. The number of pyridine rings is 3. The van der Waals surface area contributed by atoms with Crippen molar-refractivity contribution < 1.29 is 22.0 Å². The molecular formula is C21H10F5N3. The minimum Gasteiger partial charge on any atom is -0.255 e. The molecule has 0 radical (unpaired) electrons. The van der Waals surface area contributed by atoms with Gasteiger partial charge in [-0.3, -0.25) is 9.97 Å². The number of benzene rings is 1. The first kappa shape index (κ1) is 18.7. The Morgan fingerprint density at radius 3 is 1.38 bits per heavy atom. The van der Waals surface area contributed by atoms with Crippen LogP contribution in [0.15, 0.2) is 60.9 Å². The monoisotopic (exact) mass is 399 g/mol. The van der Waals surface area contributed by atoms with Crippen LogP contribution in [-0.2, 0) is 0 Å². The fourth-order valence-electron chi connectivity index (χ4n) is 2.82. The Balaban J connectivity index is 2.02. The van der Waals surface area contributed by atoms with Gasteiger partial charge in [-0.25, -0.2) is 26.9 Å². The molecule has 0 saturated carbocycles. The summed E-state index contributed by atoms with van der Waals surface area (Å²) in [5.74, 6) is -10.1. The van der Waals surface area contributed by atoms with E-state index in [0.29, 0.717) is 11.4 Å². The maximum atomic E-state index is 14.4. The van der Waals surface area contributed by atoms with Crippen LogP contribution in [0.25, 0.3) is 33.9 Å². The van der Waals surface area contributed by atoms with Gasteiger partial charge in [-0.05, 0) is 42.0 Å². The van der Waals surface area contributed by atoms with E-state index in [1.807, 2.05) is 0 Å². The third kappa shape index (κ3) is 3.33. The van der Waals surface area contributed by atoms with Gasteiger partial charge in [0.25, 0.3) is 0 Å². The van der Waals surface area contributed by atoms with Crippen LogP contribution < -0.4 is 0 Å². The predicted octanol–water partition coefficient (Wildman–Crippen LogP) is 5.57. The predicted molar refractivity (Wildman–Crippen MR) is 95.9 cm³/mol. The molecule has 4 rings (SSSR count). The van der Waals surface area contributed by atoms with Gasteiger partial charge in [-0.1, -0.05) is 12.1 Å². The molecule has 0 aliphatic carbocycles. The molecule has 0 aliphatic heterocycles. The summed E-state index contributed by atoms with van der Waals surface area (Å²) < 4.78 is 69.7. The van der Waals surface area contributed by atoms with Crippen LogP contribution in [0.3, 0.4) is 0 Å². The van der Waals surface area contributed by atoms with Crippen molar-refractivity contribution >= 4 is 0 Å². The van der Waals surface area contributed by atoms with Crippen LogP contribution in [0.1, 0.15) is 0 Å². The van der Waals surface area contributed by atoms with Crippen LogP contribution in [0.4, 0.5) is 22.0 Å². The smallest absolute Gasteiger partial charge is 0.200 e. The van der Waals surface area contributed by atoms with Gasteiger partial charge in [0.05, 0.1) is 28.3 Å². The molecule has 3 aromatic heterocycles. The van der Waals surface area contributed by atoms with Crippen LogP contribution in [-0.4, -0.2) is 15.0 Å². The second-order valence-corrected chi connectivity index (χ2v) is 6.00. The molecule has 4 aromatic rings. The summed E-state index contributed by atoms with van der Waals surface area (Å²) in [5.41, 5.74) is -0.196. The van der Waals surface area contributed by atoms with E-state index in [2.05, 4.69) is 15.0 Å². The van der Waals surface area contributed by atoms with Crippen molar-refractivity contribution in [2.24, 2.45) is 0 Å². The van der Waals surface area contributed by atoms with Gasteiger partial charge in [0, 0.05) is 12.4 Å². The van der Waals surface area contributed by atoms with Gasteiger partial charge in [-0.2, -0.15) is 0 Å². The van der Waals surface area contributed by atoms with Gasteiger partial charge >= 0.3 is 0 Å². The highest BCUT2D eigenvalue weighted by atomic mass is 19.2. The molecule has 0 spiro atoms. The second-order valence-electron chi connectivity index (χ2n) is 6.00. The largest absolute Gasteiger partial charge is 0.255 e. The SMILES string of the molecule is Fc1c(F)c(F)c(-c2cc(-c3ccccn3)nc(-c3ccccn3)c2)c(F)c1F. The lowest BCUT2D eigenvalue weighted by molar-refractivity contribution is 0.381. The van der Waals surface area contributed by atoms with E-state index >= 15 is 0 Å². The summed E-state index contributed by atoms with van der Waals surface area (Å²) in [4.78, 5) is 12.7. The fourth-order valence-corrected chi connectivity index (χ4v) is 2.82. The highest BCUT2D eigenvalue weighted by Gasteiger charge is 2.27. The lowest BCUT2D eigenvalue weighted by atomic mass is 10.0. The molecule has 0 amide bonds. The normalized spacial score (nSPS) is 10.9. The summed E-state index contributed by atoms with van der Waals surface area (Å²) in [6.07, 6.45) is 2.98. The Bertz CT molecular complexity index is 1110. The van der Waals surface area contributed by atoms with Crippen molar-refractivity contribution in [1.82, 2.24) is 15.0 Å². The lowest BCUT2D eigenvalue weighted by Gasteiger charge is -2.12. The summed E-state index contributed by atoms with van der Waals surface area (Å²) in [7, 11) is 0. The van der Waals surface area contributed by atoms with E-state index in [1.54, 1.807) is 36.4 Å². The Labute approximate surface area is 161 Å². The summed E-state index contributed by atoms with van der Waals surface area (Å²) in [6, 6.07) is 12.3. The van der Waals surface area contributed by atoms with Crippen molar-refractivity contribution in [3.8, 4) is 33.9 Å². The highest BCUT2D eigenvalue weighted by molar-refractivity contribution is 5.75. The Kier molecular flexibility index (Phi) is 4.75. The fraction of sp³-hybridized carbons (Fsp3) is 0. The molecule has 0 bridgehead atoms. The molecule has 3 nitrogen and oxygen atoms in total. The summed E-state index contributed by atoms with van der Waals surface area (Å²) in [6.45, 7) is 0. The van der Waals surface area contributed by atoms with Gasteiger partial charge in [0.15, 0.2) is 23.3 Å². The zero-order chi connectivity index (χ0) is 20.5. The lowest BCUT2D eigenvalue weighted by Crippen LogP contribution is -2.05. The van der Waals surface area contributed by atoms with Crippen LogP contribution in [0, 0.1) is 29.1 Å². The molecule has 1 aromatic carbocycles. The van der Waals surface area contributed by atoms with Crippen molar-refractivity contribution in [2.75, 3.05) is 0 Å². The standard InChI is InChI=1S/C21H10F5N3/c22-17-16(18(23)20(25)21(26)19(17)24)11-9-14(12-5-1-3-7-27-12)29-15(10-11)13-6-2-4-8-28-13/h1-10H. The quantitative estimate of drug-likeness (QED) is 0.257. The van der Waals surface area contributed by atoms with Crippen molar-refractivity contribution in [3.63, 3.8) is 0 Å². The number of rotatable bonds is 3. The van der Waals surface area contributed by atoms with E-state index < -0.39 is 34.6 Å². The van der Waals surface area contributed by atoms with Crippen LogP contribution in [0.2, 0.25) is 0 Å². The van der Waals surface area contributed by atoms with Crippen molar-refractivity contribution in [2.45, 2.75) is 0 Å². The topological polar surface area (TPSA) is 38.7 Å². The average Bonchev–Trinajstić information content (AvgIpc) is 2.77. The summed E-state index contributed by atoms with van der Waals surface area (Å²) in [5, 5.41) is 0. The summed E-state index contributed by atoms with van der Waals surface area (Å²) >= 11 is 0. The number of nitrogens with zero attached hydrogens (tertiary/aromatic N) is 3. The first-order valence-electron chi connectivity index (χ1n) is 8.34. The van der Waals surface area contributed by atoms with Crippen molar-refractivity contribution in [3.05, 3.63) is 90.0 Å². The number of halogens is 5. The van der Waals surface area contributed by atoms with Gasteiger partial charge in [0.2, 0.25) is 5.82 Å². The molecule has 144 valence electrons. The number of aromatic nitrogens is 3. The molecule has 0 unspecified atom stereocenters. The molecule has 0 fully saturated rings. The second kappa shape index (κ2) is 7.38. The minimum absolute atomic E-state index is 0.188. The molecule has 0 aliphatic rings. The molecule has 29 heavy (non-hydrogen) atoms. The minimum atomic E-state index is -2.22. The molecule has 3 heterocycles. The van der Waals surface area contributed by atoms with Crippen LogP contribution in [0.5, 0.6) is 0 Å². The van der Waals surface area contributed by atoms with E-state index in [0.717, 1.165) is 0 Å². The van der Waals surface area contributed by atoms with E-state index in [-0.39, 0.29) is 17.0 Å². The Hall–Kier alpha value is -3.68. The Morgan fingerprint density at radius 1 is 0.517 bits per heavy atom. The maximum Gasteiger partial charge on any atom is 0.200 e. The van der Waals surface area contributed by atoms with E-state index in [9.17, 15) is 22.0 Å². The third-order valence-electron chi connectivity index (χ3n) is 4.18. The van der Waals surface area contributed by atoms with Crippen molar-refractivity contribution in [1.29, 1.82) is 0 Å². The van der Waals surface area contributed by atoms with Gasteiger partial charge in [-0.15, -0.1) is 0 Å². The molecular weight excluding hydrogens is 389 g/mol. The first-order valence-corrected chi connectivity index (χ1v) is 8.34. The number of hydrogen-bond donors (Lipinski definition) is 0. The van der Waals surface area contributed by atoms with Gasteiger partial charge in [0.1, 0.15) is 0 Å². The van der Waals surface area contributed by atoms with Gasteiger partial charge < -0.3 is 0 Å². The molecule has 0 N–H and O–H groups in total. The Morgan fingerprint density at radius 2 is 0.966 bits per heavy atom. The van der Waals surface area contributed by atoms with Crippen LogP contribution >= 0.6 is 0 Å². The third-order valence-corrected chi connectivity index (χ3v) is 4.18. The molecule has 8 heteroatoms. The molecule has 0 atom stereocenters. The molecule has 0 saturated heterocycles. The maximum absolute atomic E-state index is 14.4.